The third kappa shape index (κ3) is 4.16. The second-order valence-corrected chi connectivity index (χ2v) is 7.39. The molecule has 122 valence electrons. The molecule has 1 aromatic rings. The summed E-state index contributed by atoms with van der Waals surface area (Å²) in [4.78, 5) is 16.4. The van der Waals surface area contributed by atoms with Crippen LogP contribution in [0.1, 0.15) is 19.8 Å². The van der Waals surface area contributed by atoms with E-state index >= 15 is 0 Å². The van der Waals surface area contributed by atoms with Gasteiger partial charge in [-0.1, -0.05) is 18.5 Å². The largest absolute Gasteiger partial charge is 0.480 e. The van der Waals surface area contributed by atoms with Gasteiger partial charge in [-0.05, 0) is 25.5 Å². The average Bonchev–Trinajstić information content (AvgIpc) is 2.40. The Bertz CT molecular complexity index is 646. The lowest BCUT2D eigenvalue weighted by Crippen LogP contribution is -2.54. The molecule has 1 heterocycles. The Labute approximate surface area is 134 Å². The molecule has 0 atom stereocenters. The number of pyridine rings is 1. The van der Waals surface area contributed by atoms with E-state index in [1.807, 2.05) is 11.8 Å². The smallest absolute Gasteiger partial charge is 0.317 e. The molecule has 0 aromatic carbocycles. The van der Waals surface area contributed by atoms with E-state index in [0.29, 0.717) is 19.4 Å². The quantitative estimate of drug-likeness (QED) is 0.761. The summed E-state index contributed by atoms with van der Waals surface area (Å²) in [6.45, 7) is 2.48. The second kappa shape index (κ2) is 6.91. The number of halogens is 1. The molecular weight excluding hydrogens is 330 g/mol. The van der Waals surface area contributed by atoms with Gasteiger partial charge in [0, 0.05) is 24.5 Å². The van der Waals surface area contributed by atoms with Crippen molar-refractivity contribution >= 4 is 27.6 Å². The van der Waals surface area contributed by atoms with Crippen molar-refractivity contribution in [2.75, 3.05) is 13.1 Å². The third-order valence-electron chi connectivity index (χ3n) is 3.69. The maximum absolute atomic E-state index is 12.2. The van der Waals surface area contributed by atoms with E-state index in [-0.39, 0.29) is 28.5 Å². The number of carbonyl (C=O) groups is 1. The maximum Gasteiger partial charge on any atom is 0.317 e. The van der Waals surface area contributed by atoms with Gasteiger partial charge in [-0.25, -0.2) is 13.1 Å². The Kier molecular flexibility index (Phi) is 5.38. The summed E-state index contributed by atoms with van der Waals surface area (Å²) in [7, 11) is -3.65. The highest BCUT2D eigenvalue weighted by molar-refractivity contribution is 7.89. The van der Waals surface area contributed by atoms with Crippen molar-refractivity contribution in [3.8, 4) is 0 Å². The topological polar surface area (TPSA) is 99.6 Å². The van der Waals surface area contributed by atoms with E-state index in [2.05, 4.69) is 9.71 Å². The Hall–Kier alpha value is -1.22. The van der Waals surface area contributed by atoms with Crippen LogP contribution in [0.5, 0.6) is 0 Å². The van der Waals surface area contributed by atoms with Gasteiger partial charge >= 0.3 is 5.97 Å². The van der Waals surface area contributed by atoms with Gasteiger partial charge in [-0.2, -0.15) is 0 Å². The van der Waals surface area contributed by atoms with Crippen LogP contribution in [-0.4, -0.2) is 54.6 Å². The van der Waals surface area contributed by atoms with Crippen molar-refractivity contribution in [1.82, 2.24) is 14.6 Å². The van der Waals surface area contributed by atoms with Crippen molar-refractivity contribution in [3.63, 3.8) is 0 Å². The van der Waals surface area contributed by atoms with Crippen molar-refractivity contribution in [2.45, 2.75) is 36.7 Å². The first-order chi connectivity index (χ1) is 10.3. The van der Waals surface area contributed by atoms with Crippen LogP contribution in [0.3, 0.4) is 0 Å². The summed E-state index contributed by atoms with van der Waals surface area (Å²) in [5, 5.41) is 9.10. The zero-order valence-electron chi connectivity index (χ0n) is 12.1. The maximum atomic E-state index is 12.2. The van der Waals surface area contributed by atoms with Crippen LogP contribution in [0.2, 0.25) is 5.02 Å². The van der Waals surface area contributed by atoms with Crippen LogP contribution in [0.25, 0.3) is 0 Å². The molecule has 7 nitrogen and oxygen atoms in total. The third-order valence-corrected chi connectivity index (χ3v) is 5.38. The molecule has 0 saturated heterocycles. The Morgan fingerprint density at radius 3 is 2.73 bits per heavy atom. The number of hydrogen-bond acceptors (Lipinski definition) is 5. The highest BCUT2D eigenvalue weighted by Gasteiger charge is 2.36. The van der Waals surface area contributed by atoms with Gasteiger partial charge in [0.05, 0.1) is 11.6 Å². The van der Waals surface area contributed by atoms with Crippen LogP contribution in [-0.2, 0) is 14.8 Å². The van der Waals surface area contributed by atoms with Gasteiger partial charge < -0.3 is 5.11 Å². The minimum absolute atomic E-state index is 0.0289. The molecule has 0 radical (unpaired) electrons. The highest BCUT2D eigenvalue weighted by atomic mass is 35.5. The minimum atomic E-state index is -3.65. The molecule has 1 aliphatic carbocycles. The number of rotatable bonds is 7. The summed E-state index contributed by atoms with van der Waals surface area (Å²) in [6, 6.07) is 1.23. The van der Waals surface area contributed by atoms with Crippen LogP contribution in [0.15, 0.2) is 23.4 Å². The summed E-state index contributed by atoms with van der Waals surface area (Å²) in [5.74, 6) is -0.879. The standard InChI is InChI=1S/C13H18ClN3O4S/c1-2-17(8-13(18)19)11-4-10(5-11)16-22(20,21)12-3-9(14)6-15-7-12/h3,6-7,10-11,16H,2,4-5,8H2,1H3,(H,18,19). The molecule has 9 heteroatoms. The molecule has 1 aromatic heterocycles. The van der Waals surface area contributed by atoms with Crippen molar-refractivity contribution in [2.24, 2.45) is 0 Å². The number of carboxylic acid groups (broad SMARTS) is 1. The fraction of sp³-hybridized carbons (Fsp3) is 0.538. The summed E-state index contributed by atoms with van der Waals surface area (Å²) in [6.07, 6.45) is 3.79. The molecule has 2 N–H and O–H groups in total. The normalized spacial score (nSPS) is 21.6. The van der Waals surface area contributed by atoms with Crippen LogP contribution >= 0.6 is 11.6 Å². The number of aromatic nitrogens is 1. The average molecular weight is 348 g/mol. The Balaban J connectivity index is 1.93. The molecule has 0 bridgehead atoms. The highest BCUT2D eigenvalue weighted by Crippen LogP contribution is 2.27. The van der Waals surface area contributed by atoms with Gasteiger partial charge in [-0.3, -0.25) is 14.7 Å². The second-order valence-electron chi connectivity index (χ2n) is 5.24. The lowest BCUT2D eigenvalue weighted by Gasteiger charge is -2.42. The number of nitrogens with zero attached hydrogens (tertiary/aromatic N) is 2. The minimum Gasteiger partial charge on any atom is -0.480 e. The lowest BCUT2D eigenvalue weighted by molar-refractivity contribution is -0.139. The van der Waals surface area contributed by atoms with Gasteiger partial charge in [0.25, 0.3) is 0 Å². The molecule has 1 saturated carbocycles. The van der Waals surface area contributed by atoms with Crippen molar-refractivity contribution in [1.29, 1.82) is 0 Å². The first kappa shape index (κ1) is 17.1. The molecule has 1 aliphatic rings. The number of nitrogens with one attached hydrogen (secondary N) is 1. The van der Waals surface area contributed by atoms with Crippen LogP contribution in [0, 0.1) is 0 Å². The lowest BCUT2D eigenvalue weighted by atomic mass is 9.86. The SMILES string of the molecule is CCN(CC(=O)O)C1CC(NS(=O)(=O)c2cncc(Cl)c2)C1. The molecule has 0 spiro atoms. The number of likely N-dealkylation sites (N-methyl/N-ethyl adjacent to an activating group) is 1. The van der Waals surface area contributed by atoms with Crippen LogP contribution < -0.4 is 4.72 Å². The predicted molar refractivity (Wildman–Crippen MR) is 81.3 cm³/mol. The molecule has 0 aliphatic heterocycles. The number of hydrogen-bond donors (Lipinski definition) is 2. The molecule has 2 rings (SSSR count). The van der Waals surface area contributed by atoms with Gasteiger partial charge in [0.1, 0.15) is 4.90 Å². The molecule has 1 fully saturated rings. The number of sulfonamides is 1. The van der Waals surface area contributed by atoms with E-state index in [9.17, 15) is 13.2 Å². The first-order valence-corrected chi connectivity index (χ1v) is 8.76. The summed E-state index contributed by atoms with van der Waals surface area (Å²) < 4.78 is 27.0. The molecular formula is C13H18ClN3O4S. The molecule has 22 heavy (non-hydrogen) atoms. The van der Waals surface area contributed by atoms with Crippen molar-refractivity contribution in [3.05, 3.63) is 23.5 Å². The van der Waals surface area contributed by atoms with E-state index in [0.717, 1.165) is 0 Å². The molecule has 0 amide bonds. The van der Waals surface area contributed by atoms with Crippen molar-refractivity contribution < 1.29 is 18.3 Å². The number of aliphatic carboxylic acids is 1. The van der Waals surface area contributed by atoms with E-state index < -0.39 is 16.0 Å². The zero-order valence-corrected chi connectivity index (χ0v) is 13.6. The monoisotopic (exact) mass is 347 g/mol. The number of carboxylic acids is 1. The first-order valence-electron chi connectivity index (χ1n) is 6.90. The Morgan fingerprint density at radius 2 is 2.18 bits per heavy atom. The van der Waals surface area contributed by atoms with Gasteiger partial charge in [0.15, 0.2) is 0 Å². The Morgan fingerprint density at radius 1 is 1.50 bits per heavy atom. The van der Waals surface area contributed by atoms with E-state index in [4.69, 9.17) is 16.7 Å². The van der Waals surface area contributed by atoms with E-state index in [1.54, 1.807) is 0 Å². The van der Waals surface area contributed by atoms with Crippen LogP contribution in [0.4, 0.5) is 0 Å². The van der Waals surface area contributed by atoms with E-state index in [1.165, 1.54) is 18.5 Å². The molecule has 0 unspecified atom stereocenters. The van der Waals surface area contributed by atoms with Gasteiger partial charge in [-0.15, -0.1) is 0 Å². The summed E-state index contributed by atoms with van der Waals surface area (Å²) >= 11 is 5.75. The summed E-state index contributed by atoms with van der Waals surface area (Å²) in [5.41, 5.74) is 0. The fourth-order valence-corrected chi connectivity index (χ4v) is 3.97. The predicted octanol–water partition coefficient (Wildman–Crippen LogP) is 0.951. The zero-order chi connectivity index (χ0) is 16.3. The fourth-order valence-electron chi connectivity index (χ4n) is 2.48. The van der Waals surface area contributed by atoms with Gasteiger partial charge in [0.2, 0.25) is 10.0 Å².